The summed E-state index contributed by atoms with van der Waals surface area (Å²) in [7, 11) is 1.48. The van der Waals surface area contributed by atoms with E-state index >= 15 is 0 Å². The van der Waals surface area contributed by atoms with Gasteiger partial charge in [0.2, 0.25) is 0 Å². The van der Waals surface area contributed by atoms with Crippen LogP contribution in [-0.4, -0.2) is 47.4 Å². The number of rotatable bonds is 4. The van der Waals surface area contributed by atoms with E-state index in [4.69, 9.17) is 4.84 Å². The third-order valence-electron chi connectivity index (χ3n) is 4.97. The fourth-order valence-electron chi connectivity index (χ4n) is 3.46. The predicted octanol–water partition coefficient (Wildman–Crippen LogP) is 3.26. The van der Waals surface area contributed by atoms with Crippen molar-refractivity contribution in [1.29, 1.82) is 0 Å². The smallest absolute Gasteiger partial charge is 0.254 e. The van der Waals surface area contributed by atoms with Crippen molar-refractivity contribution in [3.8, 4) is 11.1 Å². The number of hydrogen-bond acceptors (Lipinski definition) is 4. The molecule has 1 aliphatic heterocycles. The molecule has 0 radical (unpaired) electrons. The summed E-state index contributed by atoms with van der Waals surface area (Å²) in [6.07, 6.45) is 0.504. The van der Waals surface area contributed by atoms with Gasteiger partial charge >= 0.3 is 0 Å². The van der Waals surface area contributed by atoms with E-state index in [-0.39, 0.29) is 12.5 Å². The topological polar surface area (TPSA) is 62.1 Å². The Kier molecular flexibility index (Phi) is 5.09. The standard InChI is InChI=1S/C21H24N2O3/c1-15-6-4-5-7-19(15)16-8-10-17(11-9-16)20(25)23-13-18(22-26-3)12-21(23,2)14-24/h4-11,24H,12-14H2,1-3H3/b22-18-. The molecule has 1 aliphatic rings. The highest BCUT2D eigenvalue weighted by Gasteiger charge is 2.43. The van der Waals surface area contributed by atoms with Crippen LogP contribution in [-0.2, 0) is 4.84 Å². The average molecular weight is 352 g/mol. The molecule has 0 aromatic heterocycles. The lowest BCUT2D eigenvalue weighted by Gasteiger charge is -2.32. The molecule has 1 heterocycles. The Hall–Kier alpha value is -2.66. The highest BCUT2D eigenvalue weighted by atomic mass is 16.6. The van der Waals surface area contributed by atoms with Crippen molar-refractivity contribution in [3.05, 3.63) is 59.7 Å². The SMILES string of the molecule is CO/N=C1\CN(C(=O)c2ccc(-c3ccccc3C)cc2)C(C)(CO)C1. The molecule has 136 valence electrons. The van der Waals surface area contributed by atoms with E-state index in [1.54, 1.807) is 4.90 Å². The summed E-state index contributed by atoms with van der Waals surface area (Å²) >= 11 is 0. The molecule has 26 heavy (non-hydrogen) atoms. The maximum absolute atomic E-state index is 13.0. The van der Waals surface area contributed by atoms with Crippen molar-refractivity contribution in [2.75, 3.05) is 20.3 Å². The molecule has 1 saturated heterocycles. The molecule has 2 aromatic rings. The van der Waals surface area contributed by atoms with Gasteiger partial charge in [-0.1, -0.05) is 41.6 Å². The number of aryl methyl sites for hydroxylation is 1. The lowest BCUT2D eigenvalue weighted by atomic mass is 9.97. The second-order valence-electron chi connectivity index (χ2n) is 6.96. The molecule has 2 aromatic carbocycles. The summed E-state index contributed by atoms with van der Waals surface area (Å²) < 4.78 is 0. The van der Waals surface area contributed by atoms with Crippen molar-refractivity contribution in [2.24, 2.45) is 5.16 Å². The Balaban J connectivity index is 1.86. The monoisotopic (exact) mass is 352 g/mol. The van der Waals surface area contributed by atoms with Crippen LogP contribution in [0, 0.1) is 6.92 Å². The van der Waals surface area contributed by atoms with Gasteiger partial charge in [0, 0.05) is 12.0 Å². The van der Waals surface area contributed by atoms with Crippen molar-refractivity contribution < 1.29 is 14.7 Å². The number of likely N-dealkylation sites (tertiary alicyclic amines) is 1. The molecule has 1 N–H and O–H groups in total. The van der Waals surface area contributed by atoms with Crippen molar-refractivity contribution in [1.82, 2.24) is 4.90 Å². The summed E-state index contributed by atoms with van der Waals surface area (Å²) in [4.78, 5) is 19.5. The predicted molar refractivity (Wildman–Crippen MR) is 102 cm³/mol. The number of carbonyl (C=O) groups excluding carboxylic acids is 1. The van der Waals surface area contributed by atoms with Gasteiger partial charge in [0.25, 0.3) is 5.91 Å². The molecule has 0 saturated carbocycles. The highest BCUT2D eigenvalue weighted by molar-refractivity contribution is 6.01. The first kappa shape index (κ1) is 18.1. The molecular formula is C21H24N2O3. The number of amides is 1. The third kappa shape index (κ3) is 3.35. The number of hydrogen-bond donors (Lipinski definition) is 1. The van der Waals surface area contributed by atoms with Gasteiger partial charge < -0.3 is 14.8 Å². The molecule has 1 fully saturated rings. The summed E-state index contributed by atoms with van der Waals surface area (Å²) in [6.45, 7) is 4.18. The summed E-state index contributed by atoms with van der Waals surface area (Å²) in [6, 6.07) is 15.8. The first-order valence-corrected chi connectivity index (χ1v) is 8.66. The van der Waals surface area contributed by atoms with Crippen LogP contribution < -0.4 is 0 Å². The maximum Gasteiger partial charge on any atom is 0.254 e. The quantitative estimate of drug-likeness (QED) is 0.859. The first-order valence-electron chi connectivity index (χ1n) is 8.66. The zero-order valence-electron chi connectivity index (χ0n) is 15.4. The van der Waals surface area contributed by atoms with Crippen molar-refractivity contribution in [3.63, 3.8) is 0 Å². The van der Waals surface area contributed by atoms with Gasteiger partial charge in [0.05, 0.1) is 24.4 Å². The number of aliphatic hydroxyl groups is 1. The Morgan fingerprint density at radius 2 is 1.92 bits per heavy atom. The maximum atomic E-state index is 13.0. The van der Waals surface area contributed by atoms with Gasteiger partial charge in [0.1, 0.15) is 7.11 Å². The van der Waals surface area contributed by atoms with E-state index in [9.17, 15) is 9.90 Å². The van der Waals surface area contributed by atoms with Gasteiger partial charge in [-0.3, -0.25) is 4.79 Å². The van der Waals surface area contributed by atoms with Gasteiger partial charge in [-0.2, -0.15) is 0 Å². The van der Waals surface area contributed by atoms with Crippen molar-refractivity contribution >= 4 is 11.6 Å². The molecule has 3 rings (SSSR count). The molecule has 0 aliphatic carbocycles. The van der Waals surface area contributed by atoms with E-state index < -0.39 is 5.54 Å². The van der Waals surface area contributed by atoms with Gasteiger partial charge in [0.15, 0.2) is 0 Å². The lowest BCUT2D eigenvalue weighted by molar-refractivity contribution is 0.0473. The van der Waals surface area contributed by atoms with Crippen LogP contribution in [0.3, 0.4) is 0 Å². The second-order valence-corrected chi connectivity index (χ2v) is 6.96. The minimum atomic E-state index is -0.664. The Morgan fingerprint density at radius 3 is 2.54 bits per heavy atom. The Bertz CT molecular complexity index is 829. The van der Waals surface area contributed by atoms with Crippen LogP contribution in [0.2, 0.25) is 0 Å². The fourth-order valence-corrected chi connectivity index (χ4v) is 3.46. The van der Waals surface area contributed by atoms with Gasteiger partial charge in [-0.15, -0.1) is 0 Å². The Labute approximate surface area is 153 Å². The van der Waals surface area contributed by atoms with Crippen LogP contribution in [0.25, 0.3) is 11.1 Å². The van der Waals surface area contributed by atoms with E-state index in [1.807, 2.05) is 43.3 Å². The number of oxime groups is 1. The minimum Gasteiger partial charge on any atom is -0.399 e. The van der Waals surface area contributed by atoms with E-state index in [0.29, 0.717) is 18.5 Å². The third-order valence-corrected chi connectivity index (χ3v) is 4.97. The lowest BCUT2D eigenvalue weighted by Crippen LogP contribution is -2.47. The van der Waals surface area contributed by atoms with Crippen LogP contribution in [0.5, 0.6) is 0 Å². The zero-order valence-corrected chi connectivity index (χ0v) is 15.4. The number of benzene rings is 2. The minimum absolute atomic E-state index is 0.112. The van der Waals surface area contributed by atoms with Crippen molar-refractivity contribution in [2.45, 2.75) is 25.8 Å². The van der Waals surface area contributed by atoms with E-state index in [2.05, 4.69) is 24.2 Å². The molecule has 5 nitrogen and oxygen atoms in total. The molecular weight excluding hydrogens is 328 g/mol. The van der Waals surface area contributed by atoms with Gasteiger partial charge in [-0.05, 0) is 42.7 Å². The largest absolute Gasteiger partial charge is 0.399 e. The summed E-state index contributed by atoms with van der Waals surface area (Å²) in [5.41, 5.74) is 4.12. The zero-order chi connectivity index (χ0) is 18.7. The van der Waals surface area contributed by atoms with Crippen LogP contribution in [0.1, 0.15) is 29.3 Å². The van der Waals surface area contributed by atoms with E-state index in [1.165, 1.54) is 12.7 Å². The Morgan fingerprint density at radius 1 is 1.23 bits per heavy atom. The summed E-state index contributed by atoms with van der Waals surface area (Å²) in [5.74, 6) is -0.112. The normalized spacial score (nSPS) is 21.2. The highest BCUT2D eigenvalue weighted by Crippen LogP contribution is 2.30. The van der Waals surface area contributed by atoms with Crippen LogP contribution >= 0.6 is 0 Å². The van der Waals surface area contributed by atoms with E-state index in [0.717, 1.165) is 16.8 Å². The van der Waals surface area contributed by atoms with Gasteiger partial charge in [-0.25, -0.2) is 0 Å². The van der Waals surface area contributed by atoms with Crippen LogP contribution in [0.15, 0.2) is 53.7 Å². The number of aliphatic hydroxyl groups excluding tert-OH is 1. The number of carbonyl (C=O) groups is 1. The molecule has 0 spiro atoms. The molecule has 1 atom stereocenters. The first-order chi connectivity index (χ1) is 12.5. The average Bonchev–Trinajstić information content (AvgIpc) is 2.99. The fraction of sp³-hybridized carbons (Fsp3) is 0.333. The summed E-state index contributed by atoms with van der Waals surface area (Å²) in [5, 5.41) is 13.8. The molecule has 1 amide bonds. The second kappa shape index (κ2) is 7.30. The molecule has 5 heteroatoms. The number of nitrogens with zero attached hydrogens (tertiary/aromatic N) is 2. The van der Waals surface area contributed by atoms with Crippen LogP contribution in [0.4, 0.5) is 0 Å². The molecule has 0 bridgehead atoms. The molecule has 1 unspecified atom stereocenters.